The van der Waals surface area contributed by atoms with E-state index < -0.39 is 22.2 Å². The van der Waals surface area contributed by atoms with E-state index in [1.54, 1.807) is 24.3 Å². The van der Waals surface area contributed by atoms with Gasteiger partial charge in [0.05, 0.1) is 0 Å². The minimum absolute atomic E-state index is 0.0300. The van der Waals surface area contributed by atoms with Gasteiger partial charge in [0.25, 0.3) is 0 Å². The van der Waals surface area contributed by atoms with Crippen LogP contribution in [-0.2, 0) is 14.9 Å². The molecule has 0 bridgehead atoms. The number of carbonyl (C=O) groups excluding carboxylic acids is 2. The van der Waals surface area contributed by atoms with Gasteiger partial charge in [-0.1, -0.05) is 0 Å². The van der Waals surface area contributed by atoms with Gasteiger partial charge in [-0.2, -0.15) is 0 Å². The van der Waals surface area contributed by atoms with E-state index in [0.29, 0.717) is 12.0 Å². The van der Waals surface area contributed by atoms with Crippen LogP contribution in [0.15, 0.2) is 60.7 Å². The number of carbonyl (C=O) groups is 2. The predicted molar refractivity (Wildman–Crippen MR) is 88.4 cm³/mol. The maximum atomic E-state index is 12.0. The van der Waals surface area contributed by atoms with Crippen molar-refractivity contribution < 1.29 is 18.1 Å². The summed E-state index contributed by atoms with van der Waals surface area (Å²) in [5.74, 6) is -0.345. The zero-order valence-corrected chi connectivity index (χ0v) is 14.6. The predicted octanol–water partition coefficient (Wildman–Crippen LogP) is 2.32. The van der Waals surface area contributed by atoms with Crippen LogP contribution >= 0.6 is 0 Å². The van der Waals surface area contributed by atoms with Gasteiger partial charge in [0, 0.05) is 0 Å². The van der Waals surface area contributed by atoms with Gasteiger partial charge in [-0.25, -0.2) is 0 Å². The van der Waals surface area contributed by atoms with Crippen molar-refractivity contribution in [2.24, 2.45) is 5.73 Å². The van der Waals surface area contributed by atoms with Gasteiger partial charge < -0.3 is 0 Å². The van der Waals surface area contributed by atoms with Crippen LogP contribution in [0.2, 0.25) is 4.71 Å². The van der Waals surface area contributed by atoms with Crippen molar-refractivity contribution >= 4 is 28.2 Å². The fraction of sp³-hybridized carbons (Fsp3) is 0.176. The number of primary amides is 1. The molecule has 0 aliphatic heterocycles. The van der Waals surface area contributed by atoms with E-state index in [2.05, 4.69) is 0 Å². The molecular weight excluding hydrogens is 357 g/mol. The molecule has 0 heterocycles. The quantitative estimate of drug-likeness (QED) is 0.754. The van der Waals surface area contributed by atoms with Gasteiger partial charge >= 0.3 is 141 Å². The molecule has 1 amide bonds. The molecule has 23 heavy (non-hydrogen) atoms. The first kappa shape index (κ1) is 17.1. The summed E-state index contributed by atoms with van der Waals surface area (Å²) in [5, 5.41) is 0. The number of ether oxygens (including phenoxy) is 1. The van der Waals surface area contributed by atoms with Crippen LogP contribution in [0.25, 0.3) is 0 Å². The molecule has 0 spiro atoms. The molecular formula is C17H18AsNO4. The van der Waals surface area contributed by atoms with E-state index in [0.717, 1.165) is 5.56 Å². The molecule has 5 nitrogen and oxygen atoms in total. The van der Waals surface area contributed by atoms with Crippen molar-refractivity contribution in [1.29, 1.82) is 0 Å². The molecule has 0 aromatic heterocycles. The van der Waals surface area contributed by atoms with Crippen LogP contribution in [0, 0.1) is 0 Å². The third-order valence-electron chi connectivity index (χ3n) is 3.08. The number of nitrogens with two attached hydrogens (primary N) is 1. The Morgan fingerprint density at radius 1 is 1.00 bits per heavy atom. The van der Waals surface area contributed by atoms with Gasteiger partial charge in [0.1, 0.15) is 0 Å². The summed E-state index contributed by atoms with van der Waals surface area (Å²) < 4.78 is 10.3. The fourth-order valence-corrected chi connectivity index (χ4v) is 3.79. The molecule has 120 valence electrons. The van der Waals surface area contributed by atoms with Crippen LogP contribution in [0.4, 0.5) is 4.79 Å². The SMILES string of the molecule is NC(=O)OCC(Cc1ccccc1)[AsH]OC(=O)c1ccccc1. The molecule has 2 N–H and O–H groups in total. The van der Waals surface area contributed by atoms with E-state index in [4.69, 9.17) is 14.2 Å². The Bertz CT molecular complexity index is 634. The molecule has 0 aliphatic rings. The number of amides is 1. The zero-order chi connectivity index (χ0) is 16.5. The van der Waals surface area contributed by atoms with Gasteiger partial charge in [0.15, 0.2) is 0 Å². The van der Waals surface area contributed by atoms with Gasteiger partial charge in [-0.3, -0.25) is 0 Å². The van der Waals surface area contributed by atoms with Crippen LogP contribution in [0.5, 0.6) is 0 Å². The number of benzene rings is 2. The summed E-state index contributed by atoms with van der Waals surface area (Å²) in [6.07, 6.45) is -0.139. The van der Waals surface area contributed by atoms with Crippen LogP contribution in [0.3, 0.4) is 0 Å². The summed E-state index contributed by atoms with van der Waals surface area (Å²) in [4.78, 5) is 22.8. The summed E-state index contributed by atoms with van der Waals surface area (Å²) in [5.41, 5.74) is 6.65. The second kappa shape index (κ2) is 9.01. The van der Waals surface area contributed by atoms with Crippen molar-refractivity contribution in [2.75, 3.05) is 6.61 Å². The second-order valence-corrected chi connectivity index (χ2v) is 7.53. The number of rotatable bonds is 7. The first-order valence-corrected chi connectivity index (χ1v) is 9.20. The standard InChI is InChI=1S/C17H18AsNO4/c19-17(21)22-12-15(11-13-7-3-1-4-8-13)18-23-16(20)14-9-5-2-6-10-14/h1-10,15,18H,11-12H2,(H2,19,21). The zero-order valence-electron chi connectivity index (χ0n) is 12.5. The third-order valence-corrected chi connectivity index (χ3v) is 5.19. The molecule has 2 atom stereocenters. The molecule has 2 aromatic rings. The Hall–Kier alpha value is -2.26. The molecule has 0 radical (unpaired) electrons. The number of hydrogen-bond donors (Lipinski definition) is 1. The Morgan fingerprint density at radius 2 is 1.61 bits per heavy atom. The average Bonchev–Trinajstić information content (AvgIpc) is 2.58. The van der Waals surface area contributed by atoms with Crippen molar-refractivity contribution in [3.63, 3.8) is 0 Å². The second-order valence-electron chi connectivity index (χ2n) is 4.89. The van der Waals surface area contributed by atoms with E-state index >= 15 is 0 Å². The van der Waals surface area contributed by atoms with E-state index in [-0.39, 0.29) is 17.3 Å². The first-order chi connectivity index (χ1) is 11.1. The molecule has 2 unspecified atom stereocenters. The van der Waals surface area contributed by atoms with E-state index in [1.165, 1.54) is 0 Å². The Labute approximate surface area is 141 Å². The summed E-state index contributed by atoms with van der Waals surface area (Å²) in [7, 11) is 0. The van der Waals surface area contributed by atoms with Gasteiger partial charge in [0.2, 0.25) is 0 Å². The van der Waals surface area contributed by atoms with Crippen molar-refractivity contribution in [2.45, 2.75) is 11.1 Å². The maximum absolute atomic E-state index is 12.0. The summed E-state index contributed by atoms with van der Waals surface area (Å²) in [6.45, 7) is 0.159. The average molecular weight is 375 g/mol. The van der Waals surface area contributed by atoms with Crippen LogP contribution < -0.4 is 5.73 Å². The number of hydrogen-bond acceptors (Lipinski definition) is 4. The van der Waals surface area contributed by atoms with Crippen molar-refractivity contribution in [1.82, 2.24) is 0 Å². The molecule has 6 heteroatoms. The molecule has 0 fully saturated rings. The normalized spacial score (nSPS) is 12.0. The molecule has 0 saturated heterocycles. The van der Waals surface area contributed by atoms with Gasteiger partial charge in [-0.15, -0.1) is 0 Å². The monoisotopic (exact) mass is 375 g/mol. The Morgan fingerprint density at radius 3 is 2.22 bits per heavy atom. The van der Waals surface area contributed by atoms with Crippen LogP contribution in [-0.4, -0.2) is 34.8 Å². The first-order valence-electron chi connectivity index (χ1n) is 7.13. The molecule has 0 aliphatic carbocycles. The van der Waals surface area contributed by atoms with Crippen molar-refractivity contribution in [3.05, 3.63) is 71.8 Å². The molecule has 2 rings (SSSR count). The van der Waals surface area contributed by atoms with Gasteiger partial charge in [-0.05, 0) is 0 Å². The van der Waals surface area contributed by atoms with Crippen LogP contribution in [0.1, 0.15) is 15.9 Å². The molecule has 2 aromatic carbocycles. The Kier molecular flexibility index (Phi) is 6.70. The topological polar surface area (TPSA) is 78.6 Å². The molecule has 0 saturated carbocycles. The summed E-state index contributed by atoms with van der Waals surface area (Å²) >= 11 is -1.10. The van der Waals surface area contributed by atoms with E-state index in [1.807, 2.05) is 36.4 Å². The minimum atomic E-state index is -1.10. The van der Waals surface area contributed by atoms with Crippen molar-refractivity contribution in [3.8, 4) is 0 Å². The third kappa shape index (κ3) is 6.17. The van der Waals surface area contributed by atoms with E-state index in [9.17, 15) is 9.59 Å². The summed E-state index contributed by atoms with van der Waals surface area (Å²) in [6, 6.07) is 18.6. The fourth-order valence-electron chi connectivity index (χ4n) is 1.99. The Balaban J connectivity index is 1.94.